The standard InChI is InChI=1S/C23H30N4O3S/c28-23(25-19-9-11-21(12-10-19)26-13-4-5-14-26)18-24-20-7-6-8-22(17-20)31(29,30)27-15-2-1-3-16-27/h6-12,17,24H,1-5,13-16,18H2,(H,25,28). The maximum atomic E-state index is 12.9. The fourth-order valence-electron chi connectivity index (χ4n) is 4.14. The molecule has 166 valence electrons. The summed E-state index contributed by atoms with van der Waals surface area (Å²) in [6.45, 7) is 3.36. The average Bonchev–Trinajstić information content (AvgIpc) is 3.34. The summed E-state index contributed by atoms with van der Waals surface area (Å²) in [7, 11) is -3.49. The van der Waals surface area contributed by atoms with E-state index in [0.717, 1.165) is 38.0 Å². The smallest absolute Gasteiger partial charge is 0.243 e. The minimum Gasteiger partial charge on any atom is -0.376 e. The zero-order valence-corrected chi connectivity index (χ0v) is 18.5. The first-order valence-electron chi connectivity index (χ1n) is 11.0. The van der Waals surface area contributed by atoms with Crippen molar-refractivity contribution in [1.29, 1.82) is 0 Å². The highest BCUT2D eigenvalue weighted by Crippen LogP contribution is 2.24. The van der Waals surface area contributed by atoms with E-state index in [1.165, 1.54) is 18.5 Å². The van der Waals surface area contributed by atoms with Gasteiger partial charge in [-0.1, -0.05) is 12.5 Å². The van der Waals surface area contributed by atoms with Crippen LogP contribution in [0, 0.1) is 0 Å². The number of nitrogens with one attached hydrogen (secondary N) is 2. The van der Waals surface area contributed by atoms with Crippen molar-refractivity contribution in [2.75, 3.05) is 48.3 Å². The second-order valence-electron chi connectivity index (χ2n) is 8.14. The lowest BCUT2D eigenvalue weighted by atomic mass is 10.2. The van der Waals surface area contributed by atoms with Crippen molar-refractivity contribution in [3.63, 3.8) is 0 Å². The Bertz CT molecular complexity index is 996. The zero-order chi connectivity index (χ0) is 21.7. The number of piperidine rings is 1. The van der Waals surface area contributed by atoms with Crippen LogP contribution in [0.5, 0.6) is 0 Å². The number of carbonyl (C=O) groups excluding carboxylic acids is 1. The average molecular weight is 443 g/mol. The lowest BCUT2D eigenvalue weighted by molar-refractivity contribution is -0.114. The second kappa shape index (κ2) is 9.70. The predicted octanol–water partition coefficient (Wildman–Crippen LogP) is 3.51. The Morgan fingerprint density at radius 2 is 1.52 bits per heavy atom. The summed E-state index contributed by atoms with van der Waals surface area (Å²) in [4.78, 5) is 15.0. The van der Waals surface area contributed by atoms with E-state index < -0.39 is 10.0 Å². The molecule has 8 heteroatoms. The molecule has 2 aliphatic rings. The first-order valence-corrected chi connectivity index (χ1v) is 12.5. The third-order valence-corrected chi connectivity index (χ3v) is 7.76. The van der Waals surface area contributed by atoms with Gasteiger partial charge in [-0.2, -0.15) is 4.31 Å². The molecule has 0 unspecified atom stereocenters. The van der Waals surface area contributed by atoms with Gasteiger partial charge in [0.2, 0.25) is 15.9 Å². The number of amides is 1. The quantitative estimate of drug-likeness (QED) is 0.686. The molecule has 2 aromatic rings. The van der Waals surface area contributed by atoms with Gasteiger partial charge in [-0.25, -0.2) is 8.42 Å². The van der Waals surface area contributed by atoms with E-state index in [1.54, 1.807) is 28.6 Å². The van der Waals surface area contributed by atoms with Gasteiger partial charge in [0.05, 0.1) is 11.4 Å². The summed E-state index contributed by atoms with van der Waals surface area (Å²) in [6, 6.07) is 14.6. The molecule has 2 heterocycles. The van der Waals surface area contributed by atoms with Crippen molar-refractivity contribution >= 4 is 33.0 Å². The summed E-state index contributed by atoms with van der Waals surface area (Å²) < 4.78 is 27.3. The van der Waals surface area contributed by atoms with Crippen LogP contribution < -0.4 is 15.5 Å². The van der Waals surface area contributed by atoms with Crippen LogP contribution in [0.2, 0.25) is 0 Å². The Balaban J connectivity index is 1.32. The molecule has 2 aliphatic heterocycles. The summed E-state index contributed by atoms with van der Waals surface area (Å²) in [5, 5.41) is 5.91. The molecular weight excluding hydrogens is 412 g/mol. The van der Waals surface area contributed by atoms with E-state index in [-0.39, 0.29) is 17.3 Å². The number of hydrogen-bond acceptors (Lipinski definition) is 5. The van der Waals surface area contributed by atoms with Crippen LogP contribution in [0.1, 0.15) is 32.1 Å². The molecule has 1 amide bonds. The fourth-order valence-corrected chi connectivity index (χ4v) is 5.70. The highest BCUT2D eigenvalue weighted by Gasteiger charge is 2.26. The van der Waals surface area contributed by atoms with Gasteiger partial charge in [-0.05, 0) is 68.1 Å². The van der Waals surface area contributed by atoms with Gasteiger partial charge in [0.1, 0.15) is 0 Å². The molecule has 0 spiro atoms. The number of nitrogens with zero attached hydrogens (tertiary/aromatic N) is 2. The molecular formula is C23H30N4O3S. The molecule has 2 N–H and O–H groups in total. The Labute approximate surface area is 184 Å². The van der Waals surface area contributed by atoms with E-state index in [2.05, 4.69) is 15.5 Å². The van der Waals surface area contributed by atoms with Crippen molar-refractivity contribution in [2.45, 2.75) is 37.0 Å². The minimum atomic E-state index is -3.49. The summed E-state index contributed by atoms with van der Waals surface area (Å²) >= 11 is 0. The van der Waals surface area contributed by atoms with E-state index in [4.69, 9.17) is 0 Å². The molecule has 31 heavy (non-hydrogen) atoms. The highest BCUT2D eigenvalue weighted by molar-refractivity contribution is 7.89. The number of hydrogen-bond donors (Lipinski definition) is 2. The van der Waals surface area contributed by atoms with Gasteiger partial charge in [0, 0.05) is 43.2 Å². The fraction of sp³-hybridized carbons (Fsp3) is 0.435. The third-order valence-electron chi connectivity index (χ3n) is 5.86. The van der Waals surface area contributed by atoms with E-state index in [1.807, 2.05) is 24.3 Å². The SMILES string of the molecule is O=C(CNc1cccc(S(=O)(=O)N2CCCCC2)c1)Nc1ccc(N2CCCC2)cc1. The van der Waals surface area contributed by atoms with Gasteiger partial charge < -0.3 is 15.5 Å². The van der Waals surface area contributed by atoms with E-state index in [9.17, 15) is 13.2 Å². The molecule has 2 aromatic carbocycles. The maximum absolute atomic E-state index is 12.9. The molecule has 0 atom stereocenters. The molecule has 2 fully saturated rings. The summed E-state index contributed by atoms with van der Waals surface area (Å²) in [5.41, 5.74) is 2.54. The van der Waals surface area contributed by atoms with Crippen molar-refractivity contribution in [1.82, 2.24) is 4.31 Å². The number of carbonyl (C=O) groups is 1. The topological polar surface area (TPSA) is 81.8 Å². The predicted molar refractivity (Wildman–Crippen MR) is 124 cm³/mol. The molecule has 0 saturated carbocycles. The molecule has 7 nitrogen and oxygen atoms in total. The molecule has 0 aromatic heterocycles. The summed E-state index contributed by atoms with van der Waals surface area (Å²) in [6.07, 6.45) is 5.33. The monoisotopic (exact) mass is 442 g/mol. The lowest BCUT2D eigenvalue weighted by Crippen LogP contribution is -2.35. The van der Waals surface area contributed by atoms with E-state index in [0.29, 0.717) is 18.8 Å². The number of anilines is 3. The Morgan fingerprint density at radius 3 is 2.23 bits per heavy atom. The number of benzene rings is 2. The normalized spacial score (nSPS) is 17.5. The van der Waals surface area contributed by atoms with Gasteiger partial charge in [0.25, 0.3) is 0 Å². The first kappa shape index (κ1) is 21.6. The van der Waals surface area contributed by atoms with E-state index >= 15 is 0 Å². The highest BCUT2D eigenvalue weighted by atomic mass is 32.2. The van der Waals surface area contributed by atoms with Crippen LogP contribution >= 0.6 is 0 Å². The minimum absolute atomic E-state index is 0.0566. The third kappa shape index (κ3) is 5.37. The Kier molecular flexibility index (Phi) is 6.77. The zero-order valence-electron chi connectivity index (χ0n) is 17.7. The largest absolute Gasteiger partial charge is 0.376 e. The molecule has 0 aliphatic carbocycles. The number of sulfonamides is 1. The van der Waals surface area contributed by atoms with Crippen molar-refractivity contribution in [3.8, 4) is 0 Å². The lowest BCUT2D eigenvalue weighted by Gasteiger charge is -2.26. The molecule has 4 rings (SSSR count). The van der Waals surface area contributed by atoms with Gasteiger partial charge in [0.15, 0.2) is 0 Å². The summed E-state index contributed by atoms with van der Waals surface area (Å²) in [5.74, 6) is -0.182. The Hall–Kier alpha value is -2.58. The molecule has 0 radical (unpaired) electrons. The maximum Gasteiger partial charge on any atom is 0.243 e. The molecule has 2 saturated heterocycles. The van der Waals surface area contributed by atoms with Gasteiger partial charge in [-0.3, -0.25) is 4.79 Å². The van der Waals surface area contributed by atoms with Crippen LogP contribution in [0.4, 0.5) is 17.1 Å². The van der Waals surface area contributed by atoms with Crippen LogP contribution in [0.15, 0.2) is 53.4 Å². The van der Waals surface area contributed by atoms with Crippen molar-refractivity contribution in [2.24, 2.45) is 0 Å². The Morgan fingerprint density at radius 1 is 0.839 bits per heavy atom. The first-order chi connectivity index (χ1) is 15.0. The molecule has 0 bridgehead atoms. The number of rotatable bonds is 7. The van der Waals surface area contributed by atoms with Crippen LogP contribution in [-0.4, -0.2) is 51.4 Å². The van der Waals surface area contributed by atoms with Crippen molar-refractivity contribution < 1.29 is 13.2 Å². The van der Waals surface area contributed by atoms with Crippen LogP contribution in [0.25, 0.3) is 0 Å². The van der Waals surface area contributed by atoms with Gasteiger partial charge in [-0.15, -0.1) is 0 Å². The van der Waals surface area contributed by atoms with Crippen LogP contribution in [-0.2, 0) is 14.8 Å². The second-order valence-corrected chi connectivity index (χ2v) is 10.1. The van der Waals surface area contributed by atoms with Crippen LogP contribution in [0.3, 0.4) is 0 Å². The van der Waals surface area contributed by atoms with Crippen molar-refractivity contribution in [3.05, 3.63) is 48.5 Å². The van der Waals surface area contributed by atoms with Gasteiger partial charge >= 0.3 is 0 Å².